The summed E-state index contributed by atoms with van der Waals surface area (Å²) in [7, 11) is 2.15. The molecule has 2 aliphatic rings. The lowest BCUT2D eigenvalue weighted by molar-refractivity contribution is -0.139. The first kappa shape index (κ1) is 21.8. The van der Waals surface area contributed by atoms with Gasteiger partial charge in [-0.1, -0.05) is 24.6 Å². The number of nitrogens with one attached hydrogen (secondary N) is 2. The van der Waals surface area contributed by atoms with Gasteiger partial charge in [0.05, 0.1) is 12.6 Å². The van der Waals surface area contributed by atoms with Gasteiger partial charge in [0, 0.05) is 30.7 Å². The smallest absolute Gasteiger partial charge is 0.309 e. The molecule has 7 heteroatoms. The van der Waals surface area contributed by atoms with Crippen molar-refractivity contribution in [3.05, 3.63) is 51.7 Å². The van der Waals surface area contributed by atoms with Crippen LogP contribution in [-0.4, -0.2) is 49.9 Å². The number of nitrogens with zero attached hydrogens (tertiary/aromatic N) is 2. The number of hydrogen-bond acceptors (Lipinski definition) is 5. The minimum Gasteiger partial charge on any atom is -0.374 e. The summed E-state index contributed by atoms with van der Waals surface area (Å²) in [4.78, 5) is 30.5. The molecular weight excluding hydrogens is 408 g/mol. The van der Waals surface area contributed by atoms with Crippen molar-refractivity contribution in [2.45, 2.75) is 44.7 Å². The summed E-state index contributed by atoms with van der Waals surface area (Å²) in [6.45, 7) is 3.99. The summed E-state index contributed by atoms with van der Waals surface area (Å²) >= 11 is 1.57. The zero-order chi connectivity index (χ0) is 21.6. The molecule has 1 saturated heterocycles. The number of hydrogen-bond donors (Lipinski definition) is 2. The quantitative estimate of drug-likeness (QED) is 0.678. The lowest BCUT2D eigenvalue weighted by Crippen LogP contribution is -2.45. The number of fused-ring (bicyclic) bond motifs is 1. The van der Waals surface area contributed by atoms with E-state index in [2.05, 4.69) is 45.7 Å². The van der Waals surface area contributed by atoms with E-state index in [0.29, 0.717) is 13.1 Å². The maximum absolute atomic E-state index is 12.5. The number of amides is 2. The van der Waals surface area contributed by atoms with E-state index in [1.165, 1.54) is 42.5 Å². The number of piperidine rings is 1. The van der Waals surface area contributed by atoms with Crippen LogP contribution in [0.1, 0.15) is 47.7 Å². The van der Waals surface area contributed by atoms with Crippen LogP contribution in [0.5, 0.6) is 0 Å². The van der Waals surface area contributed by atoms with Crippen LogP contribution in [0.2, 0.25) is 0 Å². The van der Waals surface area contributed by atoms with Crippen molar-refractivity contribution in [1.82, 2.24) is 15.5 Å². The third-order valence-corrected chi connectivity index (χ3v) is 7.21. The van der Waals surface area contributed by atoms with Crippen LogP contribution in [0.3, 0.4) is 0 Å². The average molecular weight is 441 g/mol. The molecule has 2 amide bonds. The van der Waals surface area contributed by atoms with Crippen molar-refractivity contribution in [3.63, 3.8) is 0 Å². The third kappa shape index (κ3) is 5.46. The molecule has 0 spiro atoms. The van der Waals surface area contributed by atoms with E-state index in [1.807, 2.05) is 17.5 Å². The van der Waals surface area contributed by atoms with Gasteiger partial charge in [-0.05, 0) is 67.4 Å². The van der Waals surface area contributed by atoms with E-state index in [0.717, 1.165) is 30.9 Å². The van der Waals surface area contributed by atoms with Crippen LogP contribution in [0.4, 0.5) is 5.69 Å². The van der Waals surface area contributed by atoms with Gasteiger partial charge in [-0.15, -0.1) is 11.3 Å². The van der Waals surface area contributed by atoms with Crippen LogP contribution >= 0.6 is 11.3 Å². The molecule has 2 aliphatic heterocycles. The number of rotatable bonds is 6. The highest BCUT2D eigenvalue weighted by molar-refractivity contribution is 7.09. The second-order valence-corrected chi connectivity index (χ2v) is 9.53. The summed E-state index contributed by atoms with van der Waals surface area (Å²) in [6, 6.07) is 10.7. The fraction of sp³-hybridized carbons (Fsp3) is 0.500. The molecule has 0 radical (unpaired) electrons. The normalized spacial score (nSPS) is 17.6. The van der Waals surface area contributed by atoms with Gasteiger partial charge in [0.1, 0.15) is 0 Å². The lowest BCUT2D eigenvalue weighted by atomic mass is 9.95. The van der Waals surface area contributed by atoms with E-state index in [4.69, 9.17) is 0 Å². The minimum absolute atomic E-state index is 0.0897. The molecule has 2 aromatic rings. The van der Waals surface area contributed by atoms with E-state index in [-0.39, 0.29) is 6.04 Å². The maximum Gasteiger partial charge on any atom is 0.309 e. The van der Waals surface area contributed by atoms with Crippen LogP contribution in [-0.2, 0) is 22.6 Å². The van der Waals surface area contributed by atoms with E-state index < -0.39 is 11.8 Å². The second-order valence-electron chi connectivity index (χ2n) is 8.50. The number of likely N-dealkylation sites (tertiary alicyclic amines) is 1. The van der Waals surface area contributed by atoms with Crippen molar-refractivity contribution < 1.29 is 9.59 Å². The Balaban J connectivity index is 1.43. The van der Waals surface area contributed by atoms with Crippen molar-refractivity contribution in [2.24, 2.45) is 0 Å². The minimum atomic E-state index is -0.571. The van der Waals surface area contributed by atoms with E-state index in [9.17, 15) is 9.59 Å². The van der Waals surface area contributed by atoms with Crippen LogP contribution in [0.25, 0.3) is 0 Å². The largest absolute Gasteiger partial charge is 0.374 e. The van der Waals surface area contributed by atoms with Crippen LogP contribution in [0, 0.1) is 0 Å². The molecule has 0 bridgehead atoms. The molecule has 31 heavy (non-hydrogen) atoms. The van der Waals surface area contributed by atoms with Gasteiger partial charge in [-0.25, -0.2) is 0 Å². The van der Waals surface area contributed by atoms with Crippen molar-refractivity contribution in [3.8, 4) is 0 Å². The van der Waals surface area contributed by atoms with Crippen LogP contribution in [0.15, 0.2) is 35.7 Å². The number of anilines is 1. The molecular formula is C24H32N4O2S. The first-order valence-electron chi connectivity index (χ1n) is 11.3. The monoisotopic (exact) mass is 440 g/mol. The zero-order valence-electron chi connectivity index (χ0n) is 18.2. The van der Waals surface area contributed by atoms with E-state index in [1.54, 1.807) is 11.3 Å². The van der Waals surface area contributed by atoms with Crippen LogP contribution < -0.4 is 15.5 Å². The maximum atomic E-state index is 12.5. The van der Waals surface area contributed by atoms with Gasteiger partial charge >= 0.3 is 11.8 Å². The fourth-order valence-corrected chi connectivity index (χ4v) is 5.28. The Morgan fingerprint density at radius 1 is 1.03 bits per heavy atom. The molecule has 0 saturated carbocycles. The topological polar surface area (TPSA) is 64.7 Å². The number of carbonyl (C=O) groups is 2. The second kappa shape index (κ2) is 10.3. The molecule has 2 N–H and O–H groups in total. The molecule has 4 rings (SSSR count). The molecule has 1 atom stereocenters. The lowest BCUT2D eigenvalue weighted by Gasteiger charge is -2.36. The molecule has 6 nitrogen and oxygen atoms in total. The molecule has 0 unspecified atom stereocenters. The Bertz CT molecular complexity index is 893. The van der Waals surface area contributed by atoms with Crippen molar-refractivity contribution in [1.29, 1.82) is 0 Å². The van der Waals surface area contributed by atoms with Gasteiger partial charge in [0.15, 0.2) is 0 Å². The van der Waals surface area contributed by atoms with Crippen molar-refractivity contribution in [2.75, 3.05) is 38.1 Å². The Kier molecular flexibility index (Phi) is 7.25. The number of aryl methyl sites for hydroxylation is 1. The summed E-state index contributed by atoms with van der Waals surface area (Å²) in [5.41, 5.74) is 3.92. The molecule has 0 aliphatic carbocycles. The molecule has 3 heterocycles. The van der Waals surface area contributed by atoms with Crippen molar-refractivity contribution >= 4 is 28.8 Å². The third-order valence-electron chi connectivity index (χ3n) is 6.34. The molecule has 1 fully saturated rings. The fourth-order valence-electron chi connectivity index (χ4n) is 4.63. The average Bonchev–Trinajstić information content (AvgIpc) is 3.32. The first-order chi connectivity index (χ1) is 15.1. The Hall–Kier alpha value is -2.38. The molecule has 1 aromatic heterocycles. The van der Waals surface area contributed by atoms with Gasteiger partial charge in [0.2, 0.25) is 0 Å². The summed E-state index contributed by atoms with van der Waals surface area (Å²) < 4.78 is 0. The standard InChI is InChI=1S/C24H32N4O2S/c1-27-11-5-7-18-15-19(9-10-21(18)27)22(28-12-3-2-4-13-28)17-26-24(30)23(29)25-16-20-8-6-14-31-20/h6,8-10,14-15,22H,2-5,7,11-13,16-17H2,1H3,(H,25,29)(H,26,30)/t22-/m0/s1. The molecule has 1 aromatic carbocycles. The highest BCUT2D eigenvalue weighted by atomic mass is 32.1. The van der Waals surface area contributed by atoms with Gasteiger partial charge in [0.25, 0.3) is 0 Å². The summed E-state index contributed by atoms with van der Waals surface area (Å²) in [5.74, 6) is -1.13. The van der Waals surface area contributed by atoms with Gasteiger partial charge < -0.3 is 15.5 Å². The SMILES string of the molecule is CN1CCCc2cc([C@H](CNC(=O)C(=O)NCc3cccs3)N3CCCCC3)ccc21. The highest BCUT2D eigenvalue weighted by Gasteiger charge is 2.25. The number of thiophene rings is 1. The predicted molar refractivity (Wildman–Crippen MR) is 125 cm³/mol. The predicted octanol–water partition coefficient (Wildman–Crippen LogP) is 3.09. The molecule has 166 valence electrons. The number of carbonyl (C=O) groups excluding carboxylic acids is 2. The van der Waals surface area contributed by atoms with Gasteiger partial charge in [-0.2, -0.15) is 0 Å². The Morgan fingerprint density at radius 2 is 1.84 bits per heavy atom. The van der Waals surface area contributed by atoms with Gasteiger partial charge in [-0.3, -0.25) is 14.5 Å². The summed E-state index contributed by atoms with van der Waals surface area (Å²) in [5, 5.41) is 7.57. The van der Waals surface area contributed by atoms with E-state index >= 15 is 0 Å². The first-order valence-corrected chi connectivity index (χ1v) is 12.2. The zero-order valence-corrected chi connectivity index (χ0v) is 19.0. The highest BCUT2D eigenvalue weighted by Crippen LogP contribution is 2.31. The number of benzene rings is 1. The Morgan fingerprint density at radius 3 is 2.61 bits per heavy atom. The Labute approximate surface area is 188 Å². The summed E-state index contributed by atoms with van der Waals surface area (Å²) in [6.07, 6.45) is 5.88.